The van der Waals surface area contributed by atoms with Gasteiger partial charge in [-0.05, 0) is 36.1 Å². The molecular weight excluding hydrogens is 250 g/mol. The maximum Gasteiger partial charge on any atom is 0.225 e. The van der Waals surface area contributed by atoms with Crippen molar-refractivity contribution in [2.75, 3.05) is 5.32 Å². The quantitative estimate of drug-likeness (QED) is 0.829. The molecule has 104 valence electrons. The van der Waals surface area contributed by atoms with Gasteiger partial charge in [0.25, 0.3) is 0 Å². The normalized spacial score (nSPS) is 11.9. The van der Waals surface area contributed by atoms with Gasteiger partial charge in [-0.15, -0.1) is 0 Å². The van der Waals surface area contributed by atoms with Crippen molar-refractivity contribution in [1.82, 2.24) is 0 Å². The molecule has 20 heavy (non-hydrogen) atoms. The molecule has 2 N–H and O–H groups in total. The lowest BCUT2D eigenvalue weighted by Crippen LogP contribution is -2.14. The standard InChI is InChI=1S/C17H19NO2/c1-12-8-9-16(19)15(10-12)18-17(20)11-13(2)14-6-4-3-5-7-14/h3-10,13,19H,11H2,1-2H3,(H,18,20). The molecule has 2 rings (SSSR count). The summed E-state index contributed by atoms with van der Waals surface area (Å²) in [5.41, 5.74) is 2.60. The Morgan fingerprint density at radius 3 is 2.60 bits per heavy atom. The van der Waals surface area contributed by atoms with Crippen molar-refractivity contribution < 1.29 is 9.90 Å². The van der Waals surface area contributed by atoms with E-state index in [0.29, 0.717) is 12.1 Å². The maximum absolute atomic E-state index is 12.0. The molecule has 3 nitrogen and oxygen atoms in total. The zero-order valence-electron chi connectivity index (χ0n) is 11.8. The highest BCUT2D eigenvalue weighted by Crippen LogP contribution is 2.25. The zero-order valence-corrected chi connectivity index (χ0v) is 11.8. The Morgan fingerprint density at radius 1 is 1.20 bits per heavy atom. The number of phenolic OH excluding ortho intramolecular Hbond substituents is 1. The minimum absolute atomic E-state index is 0.0938. The first-order valence-corrected chi connectivity index (χ1v) is 6.70. The molecule has 3 heteroatoms. The SMILES string of the molecule is Cc1ccc(O)c(NC(=O)CC(C)c2ccccc2)c1. The summed E-state index contributed by atoms with van der Waals surface area (Å²) >= 11 is 0. The van der Waals surface area contributed by atoms with Crippen molar-refractivity contribution in [2.24, 2.45) is 0 Å². The van der Waals surface area contributed by atoms with Gasteiger partial charge in [-0.25, -0.2) is 0 Å². The van der Waals surface area contributed by atoms with Crippen molar-refractivity contribution in [2.45, 2.75) is 26.2 Å². The number of aromatic hydroxyl groups is 1. The Bertz CT molecular complexity index is 593. The van der Waals surface area contributed by atoms with Crippen LogP contribution in [-0.2, 0) is 4.79 Å². The fraction of sp³-hybridized carbons (Fsp3) is 0.235. The van der Waals surface area contributed by atoms with Crippen LogP contribution in [0.5, 0.6) is 5.75 Å². The van der Waals surface area contributed by atoms with Gasteiger partial charge in [0.05, 0.1) is 5.69 Å². The summed E-state index contributed by atoms with van der Waals surface area (Å²) in [6, 6.07) is 15.1. The summed E-state index contributed by atoms with van der Waals surface area (Å²) in [4.78, 5) is 12.0. The molecular formula is C17H19NO2. The van der Waals surface area contributed by atoms with E-state index in [1.165, 1.54) is 0 Å². The van der Waals surface area contributed by atoms with E-state index in [0.717, 1.165) is 11.1 Å². The number of amides is 1. The third-order valence-electron chi connectivity index (χ3n) is 3.29. The van der Waals surface area contributed by atoms with Crippen LogP contribution in [0.1, 0.15) is 30.4 Å². The van der Waals surface area contributed by atoms with E-state index >= 15 is 0 Å². The van der Waals surface area contributed by atoms with E-state index in [1.54, 1.807) is 18.2 Å². The lowest BCUT2D eigenvalue weighted by Gasteiger charge is -2.13. The lowest BCUT2D eigenvalue weighted by atomic mass is 9.97. The average molecular weight is 269 g/mol. The third-order valence-corrected chi connectivity index (χ3v) is 3.29. The molecule has 0 radical (unpaired) electrons. The Kier molecular flexibility index (Phi) is 4.41. The fourth-order valence-electron chi connectivity index (χ4n) is 2.13. The first-order valence-electron chi connectivity index (χ1n) is 6.70. The molecule has 1 unspecified atom stereocenters. The molecule has 0 aromatic heterocycles. The molecule has 0 fully saturated rings. The Labute approximate surface area is 119 Å². The molecule has 0 heterocycles. The number of nitrogens with one attached hydrogen (secondary N) is 1. The van der Waals surface area contributed by atoms with Gasteiger partial charge in [0, 0.05) is 6.42 Å². The minimum atomic E-state index is -0.0951. The summed E-state index contributed by atoms with van der Waals surface area (Å²) < 4.78 is 0. The van der Waals surface area contributed by atoms with E-state index < -0.39 is 0 Å². The first kappa shape index (κ1) is 14.1. The first-order chi connectivity index (χ1) is 9.56. The number of phenols is 1. The van der Waals surface area contributed by atoms with Crippen LogP contribution < -0.4 is 5.32 Å². The molecule has 0 aliphatic heterocycles. The third kappa shape index (κ3) is 3.60. The molecule has 0 saturated carbocycles. The maximum atomic E-state index is 12.0. The Hall–Kier alpha value is -2.29. The fourth-order valence-corrected chi connectivity index (χ4v) is 2.13. The van der Waals surface area contributed by atoms with E-state index in [4.69, 9.17) is 0 Å². The van der Waals surface area contributed by atoms with Crippen LogP contribution in [0, 0.1) is 6.92 Å². The van der Waals surface area contributed by atoms with Gasteiger partial charge in [-0.2, -0.15) is 0 Å². The Morgan fingerprint density at radius 2 is 1.90 bits per heavy atom. The van der Waals surface area contributed by atoms with Gasteiger partial charge in [-0.1, -0.05) is 43.3 Å². The Balaban J connectivity index is 2.01. The number of anilines is 1. The smallest absolute Gasteiger partial charge is 0.225 e. The highest BCUT2D eigenvalue weighted by molar-refractivity contribution is 5.92. The summed E-state index contributed by atoms with van der Waals surface area (Å²) in [5.74, 6) is 0.140. The summed E-state index contributed by atoms with van der Waals surface area (Å²) in [7, 11) is 0. The summed E-state index contributed by atoms with van der Waals surface area (Å²) in [6.07, 6.45) is 0.386. The van der Waals surface area contributed by atoms with Gasteiger partial charge in [0.15, 0.2) is 0 Å². The number of aryl methyl sites for hydroxylation is 1. The van der Waals surface area contributed by atoms with Crippen molar-refractivity contribution >= 4 is 11.6 Å². The van der Waals surface area contributed by atoms with Gasteiger partial charge >= 0.3 is 0 Å². The van der Waals surface area contributed by atoms with Crippen LogP contribution in [0.4, 0.5) is 5.69 Å². The second-order valence-electron chi connectivity index (χ2n) is 5.08. The highest BCUT2D eigenvalue weighted by atomic mass is 16.3. The van der Waals surface area contributed by atoms with E-state index in [2.05, 4.69) is 5.32 Å². The van der Waals surface area contributed by atoms with Crippen molar-refractivity contribution in [3.05, 3.63) is 59.7 Å². The van der Waals surface area contributed by atoms with E-state index in [1.807, 2.05) is 44.2 Å². The van der Waals surface area contributed by atoms with Crippen LogP contribution >= 0.6 is 0 Å². The lowest BCUT2D eigenvalue weighted by molar-refractivity contribution is -0.116. The molecule has 2 aromatic rings. The summed E-state index contributed by atoms with van der Waals surface area (Å²) in [5, 5.41) is 12.5. The van der Waals surface area contributed by atoms with Crippen LogP contribution in [0.3, 0.4) is 0 Å². The van der Waals surface area contributed by atoms with Gasteiger partial charge < -0.3 is 10.4 Å². The second kappa shape index (κ2) is 6.24. The predicted octanol–water partition coefficient (Wildman–Crippen LogP) is 3.83. The molecule has 1 amide bonds. The van der Waals surface area contributed by atoms with Crippen LogP contribution in [0.15, 0.2) is 48.5 Å². The summed E-state index contributed by atoms with van der Waals surface area (Å²) in [6.45, 7) is 3.94. The predicted molar refractivity (Wildman–Crippen MR) is 80.9 cm³/mol. The highest BCUT2D eigenvalue weighted by Gasteiger charge is 2.12. The monoisotopic (exact) mass is 269 g/mol. The van der Waals surface area contributed by atoms with E-state index in [-0.39, 0.29) is 17.6 Å². The molecule has 0 saturated heterocycles. The van der Waals surface area contributed by atoms with Crippen molar-refractivity contribution in [1.29, 1.82) is 0 Å². The molecule has 0 bridgehead atoms. The largest absolute Gasteiger partial charge is 0.506 e. The number of hydrogen-bond donors (Lipinski definition) is 2. The number of hydrogen-bond acceptors (Lipinski definition) is 2. The molecule has 1 atom stereocenters. The van der Waals surface area contributed by atoms with Crippen molar-refractivity contribution in [3.8, 4) is 5.75 Å². The molecule has 0 aliphatic carbocycles. The number of rotatable bonds is 4. The number of benzene rings is 2. The van der Waals surface area contributed by atoms with Gasteiger partial charge in [-0.3, -0.25) is 4.79 Å². The van der Waals surface area contributed by atoms with Crippen LogP contribution in [-0.4, -0.2) is 11.0 Å². The van der Waals surface area contributed by atoms with Gasteiger partial charge in [0.1, 0.15) is 5.75 Å². The van der Waals surface area contributed by atoms with Gasteiger partial charge in [0.2, 0.25) is 5.91 Å². The average Bonchev–Trinajstić information content (AvgIpc) is 2.43. The topological polar surface area (TPSA) is 49.3 Å². The number of carbonyl (C=O) groups is 1. The van der Waals surface area contributed by atoms with E-state index in [9.17, 15) is 9.90 Å². The van der Waals surface area contributed by atoms with Crippen LogP contribution in [0.2, 0.25) is 0 Å². The molecule has 2 aromatic carbocycles. The zero-order chi connectivity index (χ0) is 14.5. The second-order valence-corrected chi connectivity index (χ2v) is 5.08. The van der Waals surface area contributed by atoms with Crippen molar-refractivity contribution in [3.63, 3.8) is 0 Å². The van der Waals surface area contributed by atoms with Crippen LogP contribution in [0.25, 0.3) is 0 Å². The number of carbonyl (C=O) groups excluding carboxylic acids is 1. The molecule has 0 spiro atoms. The molecule has 0 aliphatic rings. The minimum Gasteiger partial charge on any atom is -0.506 e.